The first-order chi connectivity index (χ1) is 39.0. The van der Waals surface area contributed by atoms with Crippen LogP contribution in [0, 0.1) is 0 Å². The van der Waals surface area contributed by atoms with Crippen molar-refractivity contribution in [1.82, 2.24) is 4.57 Å². The number of rotatable bonds is 20. The number of para-hydroxylation sites is 1. The zero-order valence-electron chi connectivity index (χ0n) is 46.0. The average molecular weight is 1020 g/mol. The Bertz CT molecular complexity index is 3800. The van der Waals surface area contributed by atoms with Crippen molar-refractivity contribution in [3.63, 3.8) is 0 Å². The summed E-state index contributed by atoms with van der Waals surface area (Å²) in [6.07, 6.45) is 15.8. The second-order valence-electron chi connectivity index (χ2n) is 21.8. The Hall–Kier alpha value is -8.72. The highest BCUT2D eigenvalue weighted by molar-refractivity contribution is 6.12. The molecule has 0 spiro atoms. The van der Waals surface area contributed by atoms with E-state index in [0.717, 1.165) is 35.3 Å². The van der Waals surface area contributed by atoms with E-state index in [0.29, 0.717) is 0 Å². The molecule has 0 amide bonds. The van der Waals surface area contributed by atoms with Gasteiger partial charge in [-0.2, -0.15) is 0 Å². The van der Waals surface area contributed by atoms with E-state index in [1.165, 1.54) is 151 Å². The van der Waals surface area contributed by atoms with Crippen molar-refractivity contribution in [1.29, 1.82) is 0 Å². The lowest BCUT2D eigenvalue weighted by Gasteiger charge is -2.34. The van der Waals surface area contributed by atoms with E-state index in [1.54, 1.807) is 0 Å². The van der Waals surface area contributed by atoms with Gasteiger partial charge in [-0.15, -0.1) is 0 Å². The second-order valence-corrected chi connectivity index (χ2v) is 21.8. The molecule has 1 heterocycles. The van der Waals surface area contributed by atoms with Crippen LogP contribution < -0.4 is 4.90 Å². The van der Waals surface area contributed by atoms with Crippen LogP contribution in [0.5, 0.6) is 0 Å². The molecule has 0 saturated heterocycles. The number of fused-ring (bicyclic) bond motifs is 6. The Morgan fingerprint density at radius 3 is 1.28 bits per heavy atom. The minimum Gasteiger partial charge on any atom is -0.310 e. The molecule has 0 N–H and O–H groups in total. The standard InChI is InChI=1S/C77H70N2/c1-5-9-11-19-49-77(50-20-12-10-6-2)73-53-67(78(65-23-17-14-18-24-65)66-41-37-60(38-42-66)59-35-33-58(34-36-59)57-21-15-13-16-22-57)43-45-69(73)70-46-44-68(54-74(70)77)79-75-47-39-63(61-29-25-55(7-3)26-30-61)51-71(75)72-52-64(40-48-76(72)79)62-31-27-56(8-4)28-32-62/h7-8,13-18,21-48,51-54H,3-6,9-12,19-20,49-50H2,1-2H3. The fourth-order valence-electron chi connectivity index (χ4n) is 12.7. The van der Waals surface area contributed by atoms with Crippen molar-refractivity contribution < 1.29 is 0 Å². The fourth-order valence-corrected chi connectivity index (χ4v) is 12.7. The molecule has 1 aromatic heterocycles. The number of hydrogen-bond donors (Lipinski definition) is 0. The number of aromatic nitrogens is 1. The number of benzene rings is 10. The Morgan fingerprint density at radius 2 is 0.772 bits per heavy atom. The lowest BCUT2D eigenvalue weighted by atomic mass is 9.70. The van der Waals surface area contributed by atoms with E-state index in [1.807, 2.05) is 12.2 Å². The lowest BCUT2D eigenvalue weighted by molar-refractivity contribution is 0.401. The quantitative estimate of drug-likeness (QED) is 0.0691. The average Bonchev–Trinajstić information content (AvgIpc) is 4.23. The first kappa shape index (κ1) is 51.1. The summed E-state index contributed by atoms with van der Waals surface area (Å²) in [4.78, 5) is 2.47. The van der Waals surface area contributed by atoms with Crippen LogP contribution >= 0.6 is 0 Å². The number of unbranched alkanes of at least 4 members (excludes halogenated alkanes) is 6. The molecule has 79 heavy (non-hydrogen) atoms. The molecule has 0 fully saturated rings. The number of hydrogen-bond acceptors (Lipinski definition) is 1. The van der Waals surface area contributed by atoms with Crippen LogP contribution in [0.3, 0.4) is 0 Å². The molecule has 2 nitrogen and oxygen atoms in total. The summed E-state index contributed by atoms with van der Waals surface area (Å²) in [6.45, 7) is 12.7. The van der Waals surface area contributed by atoms with Crippen LogP contribution in [0.4, 0.5) is 17.1 Å². The van der Waals surface area contributed by atoms with Crippen LogP contribution in [-0.4, -0.2) is 4.57 Å². The van der Waals surface area contributed by atoms with Crippen molar-refractivity contribution in [3.05, 3.63) is 266 Å². The van der Waals surface area contributed by atoms with E-state index in [-0.39, 0.29) is 5.41 Å². The van der Waals surface area contributed by atoms with E-state index < -0.39 is 0 Å². The highest BCUT2D eigenvalue weighted by Gasteiger charge is 2.43. The fraction of sp³-hybridized carbons (Fsp3) is 0.169. The molecule has 0 saturated carbocycles. The van der Waals surface area contributed by atoms with Gasteiger partial charge in [0.2, 0.25) is 0 Å². The van der Waals surface area contributed by atoms with E-state index in [2.05, 4.69) is 267 Å². The summed E-state index contributed by atoms with van der Waals surface area (Å²) in [5.74, 6) is 0. The molecule has 2 heteroatoms. The third-order valence-corrected chi connectivity index (χ3v) is 16.9. The maximum absolute atomic E-state index is 4.01. The summed E-state index contributed by atoms with van der Waals surface area (Å²) < 4.78 is 2.55. The van der Waals surface area contributed by atoms with Crippen molar-refractivity contribution in [2.45, 2.75) is 83.5 Å². The molecule has 11 aromatic rings. The summed E-state index contributed by atoms with van der Waals surface area (Å²) in [7, 11) is 0. The Balaban J connectivity index is 0.992. The summed E-state index contributed by atoms with van der Waals surface area (Å²) in [5, 5.41) is 2.50. The zero-order chi connectivity index (χ0) is 53.7. The van der Waals surface area contributed by atoms with Crippen LogP contribution in [0.25, 0.3) is 95.3 Å². The monoisotopic (exact) mass is 1020 g/mol. The third kappa shape index (κ3) is 9.98. The minimum atomic E-state index is -0.162. The van der Waals surface area contributed by atoms with Gasteiger partial charge in [0.15, 0.2) is 0 Å². The molecule has 0 unspecified atom stereocenters. The van der Waals surface area contributed by atoms with Gasteiger partial charge < -0.3 is 9.47 Å². The highest BCUT2D eigenvalue weighted by atomic mass is 15.1. The molecule has 12 rings (SSSR count). The second kappa shape index (κ2) is 22.7. The Labute approximate surface area is 468 Å². The molecular formula is C77H70N2. The van der Waals surface area contributed by atoms with Gasteiger partial charge in [0.1, 0.15) is 0 Å². The van der Waals surface area contributed by atoms with Crippen molar-refractivity contribution >= 4 is 51.0 Å². The molecule has 0 radical (unpaired) electrons. The maximum Gasteiger partial charge on any atom is 0.0541 e. The maximum atomic E-state index is 4.01. The third-order valence-electron chi connectivity index (χ3n) is 16.9. The van der Waals surface area contributed by atoms with Crippen LogP contribution in [0.2, 0.25) is 0 Å². The molecule has 388 valence electrons. The largest absolute Gasteiger partial charge is 0.310 e. The van der Waals surface area contributed by atoms with E-state index >= 15 is 0 Å². The van der Waals surface area contributed by atoms with Gasteiger partial charge in [-0.25, -0.2) is 0 Å². The number of nitrogens with zero attached hydrogens (tertiary/aromatic N) is 2. The normalized spacial score (nSPS) is 12.4. The smallest absolute Gasteiger partial charge is 0.0541 e. The van der Waals surface area contributed by atoms with E-state index in [9.17, 15) is 0 Å². The molecule has 0 bridgehead atoms. The molecule has 1 aliphatic rings. The predicted molar refractivity (Wildman–Crippen MR) is 341 cm³/mol. The van der Waals surface area contributed by atoms with Crippen LogP contribution in [-0.2, 0) is 5.41 Å². The zero-order valence-corrected chi connectivity index (χ0v) is 46.0. The summed E-state index contributed by atoms with van der Waals surface area (Å²) >= 11 is 0. The van der Waals surface area contributed by atoms with Gasteiger partial charge in [0.05, 0.1) is 11.0 Å². The van der Waals surface area contributed by atoms with Crippen LogP contribution in [0.1, 0.15) is 100 Å². The topological polar surface area (TPSA) is 8.17 Å². The van der Waals surface area contributed by atoms with Crippen LogP contribution in [0.15, 0.2) is 244 Å². The van der Waals surface area contributed by atoms with Gasteiger partial charge in [-0.3, -0.25) is 0 Å². The van der Waals surface area contributed by atoms with Gasteiger partial charge in [0.25, 0.3) is 0 Å². The minimum absolute atomic E-state index is 0.162. The lowest BCUT2D eigenvalue weighted by Crippen LogP contribution is -2.26. The molecule has 0 atom stereocenters. The van der Waals surface area contributed by atoms with Crippen molar-refractivity contribution in [2.75, 3.05) is 4.90 Å². The Morgan fingerprint density at radius 1 is 0.367 bits per heavy atom. The van der Waals surface area contributed by atoms with Crippen molar-refractivity contribution in [3.8, 4) is 61.3 Å². The molecule has 10 aromatic carbocycles. The van der Waals surface area contributed by atoms with Gasteiger partial charge in [-0.1, -0.05) is 248 Å². The molecule has 0 aliphatic heterocycles. The summed E-state index contributed by atoms with van der Waals surface area (Å²) in [6, 6.07) is 86.3. The number of anilines is 3. The van der Waals surface area contributed by atoms with Gasteiger partial charge >= 0.3 is 0 Å². The van der Waals surface area contributed by atoms with Gasteiger partial charge in [-0.05, 0) is 164 Å². The first-order valence-electron chi connectivity index (χ1n) is 28.9. The predicted octanol–water partition coefficient (Wildman–Crippen LogP) is 22.4. The Kier molecular flexibility index (Phi) is 14.7. The molecule has 1 aliphatic carbocycles. The molecular weight excluding hydrogens is 953 g/mol. The van der Waals surface area contributed by atoms with Crippen molar-refractivity contribution in [2.24, 2.45) is 0 Å². The highest BCUT2D eigenvalue weighted by Crippen LogP contribution is 2.56. The SMILES string of the molecule is C=Cc1ccc(-c2ccc3c(c2)c2cc(-c4ccc(C=C)cc4)ccc2n3-c2ccc3c(c2)C(CCCCCC)(CCCCCC)c2cc(N(c4ccccc4)c4ccc(-c5ccc(-c6ccccc6)cc5)cc4)ccc2-3)cc1. The summed E-state index contributed by atoms with van der Waals surface area (Å²) in [5.41, 5.74) is 24.6. The van der Waals surface area contributed by atoms with Gasteiger partial charge in [0, 0.05) is 38.9 Å². The first-order valence-corrected chi connectivity index (χ1v) is 28.9. The van der Waals surface area contributed by atoms with E-state index in [4.69, 9.17) is 0 Å².